The molecule has 0 saturated carbocycles. The van der Waals surface area contributed by atoms with Gasteiger partial charge < -0.3 is 10.1 Å². The summed E-state index contributed by atoms with van der Waals surface area (Å²) in [6.07, 6.45) is 1.02. The molecule has 0 heterocycles. The summed E-state index contributed by atoms with van der Waals surface area (Å²) in [5.74, 6) is 0.925. The SMILES string of the molecule is CCOc1ccc(CNc2ccc(Br)cc2CC)cc1. The van der Waals surface area contributed by atoms with Crippen LogP contribution in [0.15, 0.2) is 46.9 Å². The lowest BCUT2D eigenvalue weighted by atomic mass is 10.1. The van der Waals surface area contributed by atoms with E-state index in [1.54, 1.807) is 0 Å². The van der Waals surface area contributed by atoms with Crippen molar-refractivity contribution < 1.29 is 4.74 Å². The highest BCUT2D eigenvalue weighted by atomic mass is 79.9. The number of nitrogens with one attached hydrogen (secondary N) is 1. The van der Waals surface area contributed by atoms with Gasteiger partial charge >= 0.3 is 0 Å². The lowest BCUT2D eigenvalue weighted by molar-refractivity contribution is 0.340. The van der Waals surface area contributed by atoms with E-state index in [9.17, 15) is 0 Å². The maximum Gasteiger partial charge on any atom is 0.119 e. The molecule has 2 rings (SSSR count). The Labute approximate surface area is 129 Å². The number of aryl methyl sites for hydroxylation is 1. The number of anilines is 1. The van der Waals surface area contributed by atoms with Crippen LogP contribution in [0.4, 0.5) is 5.69 Å². The molecule has 0 saturated heterocycles. The third-order valence-corrected chi connectivity index (χ3v) is 3.66. The fraction of sp³-hybridized carbons (Fsp3) is 0.294. The monoisotopic (exact) mass is 333 g/mol. The molecule has 0 aliphatic rings. The highest BCUT2D eigenvalue weighted by molar-refractivity contribution is 9.10. The zero-order valence-corrected chi connectivity index (χ0v) is 13.5. The zero-order valence-electron chi connectivity index (χ0n) is 11.9. The normalized spacial score (nSPS) is 10.3. The van der Waals surface area contributed by atoms with E-state index in [4.69, 9.17) is 4.74 Å². The predicted molar refractivity (Wildman–Crippen MR) is 88.5 cm³/mol. The Hall–Kier alpha value is -1.48. The van der Waals surface area contributed by atoms with Crippen LogP contribution < -0.4 is 10.1 Å². The van der Waals surface area contributed by atoms with Crippen molar-refractivity contribution in [1.82, 2.24) is 0 Å². The molecule has 0 spiro atoms. The average Bonchev–Trinajstić information content (AvgIpc) is 2.47. The molecule has 2 aromatic carbocycles. The van der Waals surface area contributed by atoms with Crippen molar-refractivity contribution in [2.24, 2.45) is 0 Å². The van der Waals surface area contributed by atoms with Gasteiger partial charge in [-0.05, 0) is 54.8 Å². The van der Waals surface area contributed by atoms with Crippen LogP contribution in [0.3, 0.4) is 0 Å². The van der Waals surface area contributed by atoms with E-state index >= 15 is 0 Å². The van der Waals surface area contributed by atoms with Crippen molar-refractivity contribution in [3.8, 4) is 5.75 Å². The van der Waals surface area contributed by atoms with Crippen molar-refractivity contribution in [3.63, 3.8) is 0 Å². The molecule has 0 aliphatic heterocycles. The fourth-order valence-corrected chi connectivity index (χ4v) is 2.50. The number of hydrogen-bond donors (Lipinski definition) is 1. The van der Waals surface area contributed by atoms with Crippen LogP contribution in [0, 0.1) is 0 Å². The molecule has 20 heavy (non-hydrogen) atoms. The summed E-state index contributed by atoms with van der Waals surface area (Å²) < 4.78 is 6.57. The van der Waals surface area contributed by atoms with Gasteiger partial charge in [0.25, 0.3) is 0 Å². The van der Waals surface area contributed by atoms with E-state index in [1.807, 2.05) is 19.1 Å². The van der Waals surface area contributed by atoms with Crippen LogP contribution in [-0.2, 0) is 13.0 Å². The Morgan fingerprint density at radius 3 is 2.45 bits per heavy atom. The minimum Gasteiger partial charge on any atom is -0.494 e. The molecular weight excluding hydrogens is 314 g/mol. The van der Waals surface area contributed by atoms with E-state index in [1.165, 1.54) is 16.8 Å². The second-order valence-corrected chi connectivity index (χ2v) is 5.50. The summed E-state index contributed by atoms with van der Waals surface area (Å²) in [6, 6.07) is 14.6. The van der Waals surface area contributed by atoms with Crippen LogP contribution in [0.1, 0.15) is 25.0 Å². The van der Waals surface area contributed by atoms with Crippen LogP contribution in [-0.4, -0.2) is 6.61 Å². The minimum atomic E-state index is 0.705. The zero-order chi connectivity index (χ0) is 14.4. The van der Waals surface area contributed by atoms with Crippen molar-refractivity contribution in [2.45, 2.75) is 26.8 Å². The molecule has 0 aliphatic carbocycles. The van der Waals surface area contributed by atoms with Gasteiger partial charge in [0.15, 0.2) is 0 Å². The summed E-state index contributed by atoms with van der Waals surface area (Å²) in [5, 5.41) is 3.50. The largest absolute Gasteiger partial charge is 0.494 e. The Balaban J connectivity index is 2.01. The lowest BCUT2D eigenvalue weighted by Gasteiger charge is -2.12. The molecule has 0 aromatic heterocycles. The molecule has 1 N–H and O–H groups in total. The number of ether oxygens (including phenoxy) is 1. The number of hydrogen-bond acceptors (Lipinski definition) is 2. The molecule has 106 valence electrons. The van der Waals surface area contributed by atoms with Crippen LogP contribution in [0.5, 0.6) is 5.75 Å². The van der Waals surface area contributed by atoms with Crippen LogP contribution in [0.2, 0.25) is 0 Å². The minimum absolute atomic E-state index is 0.705. The quantitative estimate of drug-likeness (QED) is 0.801. The fourth-order valence-electron chi connectivity index (χ4n) is 2.09. The first kappa shape index (κ1) is 14.9. The summed E-state index contributed by atoms with van der Waals surface area (Å²) in [4.78, 5) is 0. The number of halogens is 1. The van der Waals surface area contributed by atoms with Gasteiger partial charge in [-0.3, -0.25) is 0 Å². The van der Waals surface area contributed by atoms with Crippen molar-refractivity contribution in [3.05, 3.63) is 58.1 Å². The predicted octanol–water partition coefficient (Wildman–Crippen LogP) is 5.02. The van der Waals surface area contributed by atoms with Gasteiger partial charge in [0.1, 0.15) is 5.75 Å². The van der Waals surface area contributed by atoms with E-state index in [-0.39, 0.29) is 0 Å². The number of rotatable bonds is 6. The molecular formula is C17H20BrNO. The molecule has 3 heteroatoms. The summed E-state index contributed by atoms with van der Waals surface area (Å²) in [5.41, 5.74) is 3.77. The van der Waals surface area contributed by atoms with E-state index in [0.29, 0.717) is 6.61 Å². The molecule has 0 unspecified atom stereocenters. The third-order valence-electron chi connectivity index (χ3n) is 3.17. The maximum atomic E-state index is 5.45. The Morgan fingerprint density at radius 1 is 1.05 bits per heavy atom. The molecule has 2 aromatic rings. The van der Waals surface area contributed by atoms with Gasteiger partial charge in [0.05, 0.1) is 6.61 Å². The maximum absolute atomic E-state index is 5.45. The summed E-state index contributed by atoms with van der Waals surface area (Å²) in [6.45, 7) is 5.69. The van der Waals surface area contributed by atoms with Gasteiger partial charge in [0, 0.05) is 16.7 Å². The highest BCUT2D eigenvalue weighted by Gasteiger charge is 2.02. The average molecular weight is 334 g/mol. The van der Waals surface area contributed by atoms with Gasteiger partial charge in [-0.15, -0.1) is 0 Å². The van der Waals surface area contributed by atoms with Gasteiger partial charge in [-0.1, -0.05) is 35.0 Å². The Kier molecular flexibility index (Phi) is 5.48. The highest BCUT2D eigenvalue weighted by Crippen LogP contribution is 2.22. The summed E-state index contributed by atoms with van der Waals surface area (Å²) in [7, 11) is 0. The molecule has 2 nitrogen and oxygen atoms in total. The second kappa shape index (κ2) is 7.34. The molecule has 0 atom stereocenters. The number of benzene rings is 2. The first-order valence-corrected chi connectivity index (χ1v) is 7.76. The first-order valence-electron chi connectivity index (χ1n) is 6.97. The first-order chi connectivity index (χ1) is 9.72. The van der Waals surface area contributed by atoms with Crippen molar-refractivity contribution in [1.29, 1.82) is 0 Å². The van der Waals surface area contributed by atoms with Crippen LogP contribution in [0.25, 0.3) is 0 Å². The van der Waals surface area contributed by atoms with Gasteiger partial charge in [0.2, 0.25) is 0 Å². The third kappa shape index (κ3) is 4.01. The summed E-state index contributed by atoms with van der Waals surface area (Å²) >= 11 is 3.51. The van der Waals surface area contributed by atoms with Crippen molar-refractivity contribution in [2.75, 3.05) is 11.9 Å². The topological polar surface area (TPSA) is 21.3 Å². The molecule has 0 amide bonds. The van der Waals surface area contributed by atoms with Crippen LogP contribution >= 0.6 is 15.9 Å². The smallest absolute Gasteiger partial charge is 0.119 e. The van der Waals surface area contributed by atoms with E-state index in [0.717, 1.165) is 23.2 Å². The van der Waals surface area contributed by atoms with Crippen molar-refractivity contribution >= 4 is 21.6 Å². The van der Waals surface area contributed by atoms with E-state index in [2.05, 4.69) is 58.5 Å². The lowest BCUT2D eigenvalue weighted by Crippen LogP contribution is -2.02. The second-order valence-electron chi connectivity index (χ2n) is 4.59. The molecule has 0 fully saturated rings. The van der Waals surface area contributed by atoms with E-state index < -0.39 is 0 Å². The molecule has 0 radical (unpaired) electrons. The van der Waals surface area contributed by atoms with Gasteiger partial charge in [-0.2, -0.15) is 0 Å². The Morgan fingerprint density at radius 2 is 1.80 bits per heavy atom. The standard InChI is InChI=1S/C17H20BrNO/c1-3-14-11-15(18)7-10-17(14)19-12-13-5-8-16(9-6-13)20-4-2/h5-11,19H,3-4,12H2,1-2H3. The molecule has 0 bridgehead atoms. The Bertz CT molecular complexity index is 551. The van der Waals surface area contributed by atoms with Gasteiger partial charge in [-0.25, -0.2) is 0 Å².